The molecule has 124 valence electrons. The minimum Gasteiger partial charge on any atom is -0.353 e. The first-order valence-electron chi connectivity index (χ1n) is 9.23. The Kier molecular flexibility index (Phi) is 4.25. The summed E-state index contributed by atoms with van der Waals surface area (Å²) >= 11 is 0. The second-order valence-electron chi connectivity index (χ2n) is 7.47. The predicted molar refractivity (Wildman–Crippen MR) is 95.7 cm³/mol. The third kappa shape index (κ3) is 3.37. The van der Waals surface area contributed by atoms with E-state index in [2.05, 4.69) is 45.3 Å². The molecule has 4 heteroatoms. The van der Waals surface area contributed by atoms with Crippen LogP contribution in [-0.2, 0) is 0 Å². The number of nitrogens with one attached hydrogen (secondary N) is 2. The van der Waals surface area contributed by atoms with Crippen LogP contribution in [0.15, 0.2) is 24.3 Å². The number of aromatic nitrogens is 2. The van der Waals surface area contributed by atoms with Crippen molar-refractivity contribution in [3.05, 3.63) is 24.3 Å². The minimum atomic E-state index is 0.565. The molecule has 1 saturated carbocycles. The van der Waals surface area contributed by atoms with Gasteiger partial charge in [-0.1, -0.05) is 19.1 Å². The van der Waals surface area contributed by atoms with E-state index >= 15 is 0 Å². The number of likely N-dealkylation sites (tertiary alicyclic amines) is 1. The van der Waals surface area contributed by atoms with Crippen LogP contribution in [0.2, 0.25) is 0 Å². The molecular formula is C19H28N4. The van der Waals surface area contributed by atoms with Crippen LogP contribution in [0.4, 0.5) is 5.95 Å². The van der Waals surface area contributed by atoms with Gasteiger partial charge in [-0.25, -0.2) is 4.98 Å². The molecule has 0 bridgehead atoms. The summed E-state index contributed by atoms with van der Waals surface area (Å²) in [5, 5.41) is 3.62. The van der Waals surface area contributed by atoms with Gasteiger partial charge >= 0.3 is 0 Å². The van der Waals surface area contributed by atoms with Crippen molar-refractivity contribution in [1.82, 2.24) is 14.9 Å². The summed E-state index contributed by atoms with van der Waals surface area (Å²) in [5.41, 5.74) is 2.16. The van der Waals surface area contributed by atoms with E-state index in [0.29, 0.717) is 6.04 Å². The number of rotatable bonds is 3. The number of imidazole rings is 1. The van der Waals surface area contributed by atoms with Crippen molar-refractivity contribution in [2.75, 3.05) is 18.4 Å². The lowest BCUT2D eigenvalue weighted by molar-refractivity contribution is 0.108. The van der Waals surface area contributed by atoms with Crippen LogP contribution in [0.25, 0.3) is 11.0 Å². The Morgan fingerprint density at radius 1 is 1.04 bits per heavy atom. The Bertz CT molecular complexity index is 601. The van der Waals surface area contributed by atoms with Crippen LogP contribution in [0.5, 0.6) is 0 Å². The van der Waals surface area contributed by atoms with Gasteiger partial charge in [-0.05, 0) is 69.7 Å². The van der Waals surface area contributed by atoms with Crippen LogP contribution in [-0.4, -0.2) is 40.0 Å². The highest BCUT2D eigenvalue weighted by atomic mass is 15.2. The largest absolute Gasteiger partial charge is 0.353 e. The molecule has 4 nitrogen and oxygen atoms in total. The van der Waals surface area contributed by atoms with E-state index in [1.54, 1.807) is 0 Å². The van der Waals surface area contributed by atoms with Crippen molar-refractivity contribution in [1.29, 1.82) is 0 Å². The molecule has 2 aliphatic rings. The summed E-state index contributed by atoms with van der Waals surface area (Å²) in [5.74, 6) is 1.86. The van der Waals surface area contributed by atoms with Crippen molar-refractivity contribution in [2.45, 2.75) is 57.5 Å². The summed E-state index contributed by atoms with van der Waals surface area (Å²) in [7, 11) is 0. The standard InChI is InChI=1S/C19H28N4/c1-14-10-12-23(13-11-14)16-8-6-15(7-9-16)20-19-21-17-4-2-3-5-18(17)22-19/h2-5,14-16H,6-13H2,1H3,(H2,20,21,22). The van der Waals surface area contributed by atoms with Gasteiger partial charge in [-0.3, -0.25) is 0 Å². The van der Waals surface area contributed by atoms with Gasteiger partial charge in [0.1, 0.15) is 0 Å². The summed E-state index contributed by atoms with van der Waals surface area (Å²) < 4.78 is 0. The van der Waals surface area contributed by atoms with E-state index < -0.39 is 0 Å². The van der Waals surface area contributed by atoms with Crippen molar-refractivity contribution < 1.29 is 0 Å². The van der Waals surface area contributed by atoms with E-state index in [1.165, 1.54) is 51.6 Å². The zero-order chi connectivity index (χ0) is 15.6. The molecule has 4 rings (SSSR count). The van der Waals surface area contributed by atoms with E-state index in [1.807, 2.05) is 6.07 Å². The normalized spacial score (nSPS) is 27.3. The number of benzene rings is 1. The maximum Gasteiger partial charge on any atom is 0.201 e. The number of para-hydroxylation sites is 2. The second-order valence-corrected chi connectivity index (χ2v) is 7.47. The molecule has 2 N–H and O–H groups in total. The highest BCUT2D eigenvalue weighted by molar-refractivity contribution is 5.77. The number of anilines is 1. The number of aromatic amines is 1. The van der Waals surface area contributed by atoms with Gasteiger partial charge < -0.3 is 15.2 Å². The molecule has 1 saturated heterocycles. The Balaban J connectivity index is 1.31. The quantitative estimate of drug-likeness (QED) is 0.899. The smallest absolute Gasteiger partial charge is 0.201 e. The zero-order valence-corrected chi connectivity index (χ0v) is 14.1. The molecule has 2 fully saturated rings. The Hall–Kier alpha value is -1.55. The highest BCUT2D eigenvalue weighted by Gasteiger charge is 2.28. The van der Waals surface area contributed by atoms with Crippen molar-refractivity contribution in [2.24, 2.45) is 5.92 Å². The number of H-pyrrole nitrogens is 1. The van der Waals surface area contributed by atoms with Crippen LogP contribution in [0.3, 0.4) is 0 Å². The summed E-state index contributed by atoms with van der Waals surface area (Å²) in [6.07, 6.45) is 7.94. The summed E-state index contributed by atoms with van der Waals surface area (Å²) in [4.78, 5) is 10.8. The fourth-order valence-electron chi connectivity index (χ4n) is 4.19. The molecule has 2 heterocycles. The molecule has 0 spiro atoms. The van der Waals surface area contributed by atoms with E-state index in [0.717, 1.165) is 28.9 Å². The first-order chi connectivity index (χ1) is 11.3. The fraction of sp³-hybridized carbons (Fsp3) is 0.632. The lowest BCUT2D eigenvalue weighted by atomic mass is 9.88. The van der Waals surface area contributed by atoms with Crippen molar-refractivity contribution in [3.63, 3.8) is 0 Å². The Morgan fingerprint density at radius 2 is 1.78 bits per heavy atom. The average molecular weight is 312 g/mol. The summed E-state index contributed by atoms with van der Waals surface area (Å²) in [6.45, 7) is 5.02. The molecule has 2 aromatic rings. The monoisotopic (exact) mass is 312 g/mol. The van der Waals surface area contributed by atoms with Gasteiger partial charge in [0, 0.05) is 12.1 Å². The highest BCUT2D eigenvalue weighted by Crippen LogP contribution is 2.28. The number of nitrogens with zero attached hydrogens (tertiary/aromatic N) is 2. The third-order valence-electron chi connectivity index (χ3n) is 5.76. The van der Waals surface area contributed by atoms with Gasteiger partial charge in [0.15, 0.2) is 0 Å². The molecule has 0 unspecified atom stereocenters. The van der Waals surface area contributed by atoms with Crippen molar-refractivity contribution >= 4 is 17.0 Å². The van der Waals surface area contributed by atoms with E-state index in [4.69, 9.17) is 0 Å². The second kappa shape index (κ2) is 6.52. The number of fused-ring (bicyclic) bond motifs is 1. The van der Waals surface area contributed by atoms with E-state index in [9.17, 15) is 0 Å². The topological polar surface area (TPSA) is 44.0 Å². The van der Waals surface area contributed by atoms with E-state index in [-0.39, 0.29) is 0 Å². The van der Waals surface area contributed by atoms with Crippen LogP contribution < -0.4 is 5.32 Å². The van der Waals surface area contributed by atoms with Gasteiger partial charge in [-0.2, -0.15) is 0 Å². The lowest BCUT2D eigenvalue weighted by Gasteiger charge is -2.40. The third-order valence-corrected chi connectivity index (χ3v) is 5.76. The maximum atomic E-state index is 4.65. The molecule has 1 aromatic heterocycles. The summed E-state index contributed by atoms with van der Waals surface area (Å²) in [6, 6.07) is 9.62. The fourth-order valence-corrected chi connectivity index (χ4v) is 4.19. The first kappa shape index (κ1) is 15.0. The minimum absolute atomic E-state index is 0.565. The van der Waals surface area contributed by atoms with Gasteiger partial charge in [0.05, 0.1) is 11.0 Å². The Morgan fingerprint density at radius 3 is 2.52 bits per heavy atom. The Labute approximate surface area is 138 Å². The van der Waals surface area contributed by atoms with Gasteiger partial charge in [0.25, 0.3) is 0 Å². The maximum absolute atomic E-state index is 4.65. The van der Waals surface area contributed by atoms with Crippen LogP contribution in [0.1, 0.15) is 45.4 Å². The molecule has 1 aromatic carbocycles. The number of piperidine rings is 1. The molecule has 23 heavy (non-hydrogen) atoms. The van der Waals surface area contributed by atoms with Crippen LogP contribution >= 0.6 is 0 Å². The number of hydrogen-bond donors (Lipinski definition) is 2. The van der Waals surface area contributed by atoms with Crippen LogP contribution in [0, 0.1) is 5.92 Å². The average Bonchev–Trinajstić information content (AvgIpc) is 2.98. The molecule has 0 amide bonds. The molecule has 0 radical (unpaired) electrons. The predicted octanol–water partition coefficient (Wildman–Crippen LogP) is 4.02. The van der Waals surface area contributed by atoms with Gasteiger partial charge in [0.2, 0.25) is 5.95 Å². The molecular weight excluding hydrogens is 284 g/mol. The first-order valence-corrected chi connectivity index (χ1v) is 9.23. The van der Waals surface area contributed by atoms with Gasteiger partial charge in [-0.15, -0.1) is 0 Å². The molecule has 0 atom stereocenters. The zero-order valence-electron chi connectivity index (χ0n) is 14.1. The molecule has 1 aliphatic carbocycles. The molecule has 1 aliphatic heterocycles. The number of hydrogen-bond acceptors (Lipinski definition) is 3. The lowest BCUT2D eigenvalue weighted by Crippen LogP contribution is -2.44. The van der Waals surface area contributed by atoms with Crippen molar-refractivity contribution in [3.8, 4) is 0 Å². The SMILES string of the molecule is CC1CCN(C2CCC(Nc3nc4ccccc4[nH]3)CC2)CC1.